The number of hydrogen-bond acceptors (Lipinski definition) is 4. The van der Waals surface area contributed by atoms with E-state index >= 15 is 0 Å². The Morgan fingerprint density at radius 3 is 2.76 bits per heavy atom. The molecule has 4 N–H and O–H groups in total. The van der Waals surface area contributed by atoms with Crippen molar-refractivity contribution in [1.29, 1.82) is 0 Å². The largest absolute Gasteiger partial charge is 0.361 e. The number of piperidine rings is 1. The van der Waals surface area contributed by atoms with Gasteiger partial charge in [0.15, 0.2) is 0 Å². The Hall–Kier alpha value is -3.19. The maximum atomic E-state index is 12.9. The first-order valence-electron chi connectivity index (χ1n) is 9.93. The van der Waals surface area contributed by atoms with Crippen molar-refractivity contribution in [2.45, 2.75) is 12.5 Å². The molecular weight excluding hydrogens is 366 g/mol. The molecule has 1 aromatic carbocycles. The Morgan fingerprint density at radius 1 is 1.14 bits per heavy atom. The van der Waals surface area contributed by atoms with Gasteiger partial charge in [0.25, 0.3) is 11.8 Å². The van der Waals surface area contributed by atoms with Crippen LogP contribution >= 0.6 is 0 Å². The highest BCUT2D eigenvalue weighted by Crippen LogP contribution is 2.41. The van der Waals surface area contributed by atoms with Crippen LogP contribution in [0.3, 0.4) is 0 Å². The van der Waals surface area contributed by atoms with E-state index in [4.69, 9.17) is 0 Å². The van der Waals surface area contributed by atoms with Gasteiger partial charge in [-0.3, -0.25) is 9.59 Å². The number of aromatic nitrogens is 2. The number of pyridine rings is 1. The number of amides is 2. The highest BCUT2D eigenvalue weighted by molar-refractivity contribution is 5.99. The number of aromatic amines is 1. The van der Waals surface area contributed by atoms with Crippen molar-refractivity contribution in [2.75, 3.05) is 20.1 Å². The quantitative estimate of drug-likeness (QED) is 0.531. The van der Waals surface area contributed by atoms with Crippen LogP contribution in [0.25, 0.3) is 10.9 Å². The van der Waals surface area contributed by atoms with Gasteiger partial charge in [0.2, 0.25) is 0 Å². The van der Waals surface area contributed by atoms with E-state index in [1.54, 1.807) is 19.2 Å². The van der Waals surface area contributed by atoms with Crippen LogP contribution in [0.1, 0.15) is 32.1 Å². The smallest absolute Gasteiger partial charge is 0.269 e. The minimum Gasteiger partial charge on any atom is -0.361 e. The third-order valence-corrected chi connectivity index (χ3v) is 6.05. The second-order valence-electron chi connectivity index (χ2n) is 7.83. The van der Waals surface area contributed by atoms with Gasteiger partial charge in [-0.2, -0.15) is 0 Å². The van der Waals surface area contributed by atoms with E-state index in [2.05, 4.69) is 25.9 Å². The second-order valence-corrected chi connectivity index (χ2v) is 7.83. The van der Waals surface area contributed by atoms with Crippen LogP contribution in [0.4, 0.5) is 0 Å². The summed E-state index contributed by atoms with van der Waals surface area (Å²) in [7, 11) is 1.56. The van der Waals surface area contributed by atoms with Gasteiger partial charge in [0.1, 0.15) is 5.69 Å². The lowest BCUT2D eigenvalue weighted by Gasteiger charge is -2.11. The molecule has 1 unspecified atom stereocenters. The predicted octanol–water partition coefficient (Wildman–Crippen LogP) is 1.46. The zero-order valence-corrected chi connectivity index (χ0v) is 16.2. The van der Waals surface area contributed by atoms with E-state index in [0.29, 0.717) is 29.5 Å². The lowest BCUT2D eigenvalue weighted by atomic mass is 10.0. The van der Waals surface area contributed by atoms with E-state index in [-0.39, 0.29) is 23.6 Å². The number of carbonyl (C=O) groups excluding carboxylic acids is 2. The van der Waals surface area contributed by atoms with Gasteiger partial charge in [0.05, 0.1) is 0 Å². The molecule has 1 saturated heterocycles. The third-order valence-electron chi connectivity index (χ3n) is 6.05. The predicted molar refractivity (Wildman–Crippen MR) is 110 cm³/mol. The van der Waals surface area contributed by atoms with Crippen molar-refractivity contribution in [3.05, 3.63) is 65.1 Å². The van der Waals surface area contributed by atoms with Crippen LogP contribution in [0, 0.1) is 11.8 Å². The monoisotopic (exact) mass is 389 g/mol. The van der Waals surface area contributed by atoms with Crippen molar-refractivity contribution < 1.29 is 9.59 Å². The van der Waals surface area contributed by atoms with Crippen molar-refractivity contribution in [3.63, 3.8) is 0 Å². The first-order valence-corrected chi connectivity index (χ1v) is 9.93. The van der Waals surface area contributed by atoms with Crippen LogP contribution < -0.4 is 16.0 Å². The Morgan fingerprint density at radius 2 is 1.97 bits per heavy atom. The summed E-state index contributed by atoms with van der Waals surface area (Å²) in [4.78, 5) is 32.8. The molecule has 1 aliphatic heterocycles. The summed E-state index contributed by atoms with van der Waals surface area (Å²) < 4.78 is 0. The van der Waals surface area contributed by atoms with Crippen LogP contribution in [0.15, 0.2) is 42.6 Å². The lowest BCUT2D eigenvalue weighted by Crippen LogP contribution is -2.33. The van der Waals surface area contributed by atoms with Gasteiger partial charge >= 0.3 is 0 Å². The summed E-state index contributed by atoms with van der Waals surface area (Å²) in [6.07, 6.45) is 2.45. The molecule has 2 aliphatic rings. The molecular formula is C22H23N5O2. The molecule has 0 radical (unpaired) electrons. The molecule has 0 bridgehead atoms. The van der Waals surface area contributed by atoms with Crippen molar-refractivity contribution in [1.82, 2.24) is 25.9 Å². The van der Waals surface area contributed by atoms with Gasteiger partial charge in [-0.25, -0.2) is 4.98 Å². The maximum absolute atomic E-state index is 12.9. The highest BCUT2D eigenvalue weighted by atomic mass is 16.2. The van der Waals surface area contributed by atoms with Crippen molar-refractivity contribution in [2.24, 2.45) is 11.8 Å². The summed E-state index contributed by atoms with van der Waals surface area (Å²) in [5.74, 6) is 0.626. The second kappa shape index (κ2) is 7.00. The van der Waals surface area contributed by atoms with Gasteiger partial charge < -0.3 is 20.9 Å². The van der Waals surface area contributed by atoms with E-state index in [1.165, 1.54) is 0 Å². The SMILES string of the molecule is CNC(=O)c1cc(C(=O)NC2[C@H]3CNC[C@@H]23)cc(Cc2cccc3[nH]ccc23)n1. The van der Waals surface area contributed by atoms with Gasteiger partial charge in [-0.1, -0.05) is 12.1 Å². The van der Waals surface area contributed by atoms with Crippen molar-refractivity contribution >= 4 is 22.7 Å². The lowest BCUT2D eigenvalue weighted by molar-refractivity contribution is 0.0946. The minimum absolute atomic E-state index is 0.141. The summed E-state index contributed by atoms with van der Waals surface area (Å²) in [6, 6.07) is 11.7. The van der Waals surface area contributed by atoms with Gasteiger partial charge in [-0.05, 0) is 41.7 Å². The number of benzene rings is 1. The Bertz CT molecular complexity index is 1100. The molecule has 2 amide bonds. The molecule has 2 fully saturated rings. The summed E-state index contributed by atoms with van der Waals surface area (Å²) in [6.45, 7) is 1.92. The van der Waals surface area contributed by atoms with E-state index < -0.39 is 0 Å². The molecule has 3 aromatic rings. The number of rotatable bonds is 5. The molecule has 3 atom stereocenters. The molecule has 0 spiro atoms. The number of hydrogen-bond donors (Lipinski definition) is 4. The first kappa shape index (κ1) is 17.9. The van der Waals surface area contributed by atoms with Crippen LogP contribution in [0.5, 0.6) is 0 Å². The first-order chi connectivity index (χ1) is 14.1. The average Bonchev–Trinajstić information content (AvgIpc) is 3.14. The number of H-pyrrole nitrogens is 1. The third kappa shape index (κ3) is 3.27. The molecule has 7 nitrogen and oxygen atoms in total. The molecule has 2 aromatic heterocycles. The van der Waals surface area contributed by atoms with Crippen LogP contribution in [-0.2, 0) is 6.42 Å². The van der Waals surface area contributed by atoms with Crippen LogP contribution in [0.2, 0.25) is 0 Å². The number of nitrogens with one attached hydrogen (secondary N) is 4. The molecule has 3 heterocycles. The molecule has 1 saturated carbocycles. The standard InChI is InChI=1S/C22H23N5O2/c1-23-22(29)19-9-13(21(28)27-20-16-10-24-11-17(16)20)8-14(26-19)7-12-3-2-4-18-15(12)5-6-25-18/h2-6,8-9,16-17,20,24-25H,7,10-11H2,1H3,(H,23,29)(H,27,28)/t16-,17+,20?. The average molecular weight is 389 g/mol. The number of carbonyl (C=O) groups is 2. The Balaban J connectivity index is 1.44. The zero-order valence-electron chi connectivity index (χ0n) is 16.2. The molecule has 7 heteroatoms. The fraction of sp³-hybridized carbons (Fsp3) is 0.318. The molecule has 29 heavy (non-hydrogen) atoms. The van der Waals surface area contributed by atoms with E-state index in [0.717, 1.165) is 29.6 Å². The summed E-state index contributed by atoms with van der Waals surface area (Å²) >= 11 is 0. The molecule has 148 valence electrons. The normalized spacial score (nSPS) is 22.3. The summed E-state index contributed by atoms with van der Waals surface area (Å²) in [5.41, 5.74) is 3.58. The maximum Gasteiger partial charge on any atom is 0.269 e. The Kier molecular flexibility index (Phi) is 4.32. The van der Waals surface area contributed by atoms with E-state index in [1.807, 2.05) is 30.5 Å². The fourth-order valence-electron chi connectivity index (χ4n) is 4.42. The Labute approximate surface area is 168 Å². The highest BCUT2D eigenvalue weighted by Gasteiger charge is 2.53. The number of fused-ring (bicyclic) bond motifs is 2. The van der Waals surface area contributed by atoms with Gasteiger partial charge in [-0.15, -0.1) is 0 Å². The molecule has 1 aliphatic carbocycles. The van der Waals surface area contributed by atoms with Gasteiger partial charge in [0, 0.05) is 61.0 Å². The fourth-order valence-corrected chi connectivity index (χ4v) is 4.42. The summed E-state index contributed by atoms with van der Waals surface area (Å²) in [5, 5.41) is 10.2. The minimum atomic E-state index is -0.298. The van der Waals surface area contributed by atoms with Crippen molar-refractivity contribution in [3.8, 4) is 0 Å². The van der Waals surface area contributed by atoms with Crippen LogP contribution in [-0.4, -0.2) is 48.0 Å². The van der Waals surface area contributed by atoms with E-state index in [9.17, 15) is 9.59 Å². The number of nitrogens with zero attached hydrogens (tertiary/aromatic N) is 1. The zero-order chi connectivity index (χ0) is 20.0. The molecule has 5 rings (SSSR count). The topological polar surface area (TPSA) is 98.9 Å².